The number of phenolic OH excluding ortho intramolecular Hbond substituents is 1. The van der Waals surface area contributed by atoms with Crippen LogP contribution in [0.5, 0.6) is 5.75 Å². The summed E-state index contributed by atoms with van der Waals surface area (Å²) in [6.45, 7) is 5.30. The molecule has 0 aromatic heterocycles. The Morgan fingerprint density at radius 2 is 2.08 bits per heavy atom. The number of phenols is 1. The molecule has 1 aliphatic rings. The predicted octanol–water partition coefficient (Wildman–Crippen LogP) is 7.20. The molecule has 8 heteroatoms. The standard InChI is InChI=1S/C16H21Cl2N3OS2/c1-3-5-6-11(4-2)23-21-8-7-16(24-21)20-19-14-9-13(18)15(22)10-12(14)17/h7,9-11,22H,3-6,8H2,1-2H3. The van der Waals surface area contributed by atoms with Crippen LogP contribution in [-0.2, 0) is 0 Å². The minimum Gasteiger partial charge on any atom is -0.506 e. The fourth-order valence-electron chi connectivity index (χ4n) is 2.09. The first kappa shape index (κ1) is 19.9. The summed E-state index contributed by atoms with van der Waals surface area (Å²) in [5, 5.41) is 19.9. The van der Waals surface area contributed by atoms with E-state index in [2.05, 4.69) is 27.8 Å². The third-order valence-electron chi connectivity index (χ3n) is 3.48. The van der Waals surface area contributed by atoms with E-state index in [0.29, 0.717) is 16.0 Å². The Hall–Kier alpha value is -0.400. The smallest absolute Gasteiger partial charge is 0.135 e. The first-order valence-electron chi connectivity index (χ1n) is 7.95. The fraction of sp³-hybridized carbons (Fsp3) is 0.500. The van der Waals surface area contributed by atoms with Gasteiger partial charge in [-0.2, -0.15) is 3.71 Å². The second-order valence-corrected chi connectivity index (χ2v) is 8.79. The van der Waals surface area contributed by atoms with Crippen LogP contribution >= 0.6 is 47.1 Å². The van der Waals surface area contributed by atoms with Gasteiger partial charge in [0, 0.05) is 17.9 Å². The summed E-state index contributed by atoms with van der Waals surface area (Å²) in [6, 6.07) is 2.88. The molecular weight excluding hydrogens is 385 g/mol. The largest absolute Gasteiger partial charge is 0.506 e. The molecule has 0 fully saturated rings. The van der Waals surface area contributed by atoms with Crippen LogP contribution in [-0.4, -0.2) is 20.6 Å². The van der Waals surface area contributed by atoms with Crippen LogP contribution in [0.2, 0.25) is 10.0 Å². The van der Waals surface area contributed by atoms with Gasteiger partial charge in [-0.1, -0.05) is 61.8 Å². The van der Waals surface area contributed by atoms with Gasteiger partial charge in [0.05, 0.1) is 10.0 Å². The molecule has 0 saturated carbocycles. The second-order valence-electron chi connectivity index (χ2n) is 5.38. The van der Waals surface area contributed by atoms with Gasteiger partial charge in [-0.3, -0.25) is 0 Å². The molecule has 132 valence electrons. The summed E-state index contributed by atoms with van der Waals surface area (Å²) >= 11 is 15.4. The first-order valence-corrected chi connectivity index (χ1v) is 10.3. The van der Waals surface area contributed by atoms with Crippen molar-refractivity contribution in [3.63, 3.8) is 0 Å². The van der Waals surface area contributed by atoms with E-state index < -0.39 is 0 Å². The van der Waals surface area contributed by atoms with Crippen molar-refractivity contribution in [2.24, 2.45) is 10.2 Å². The molecule has 0 radical (unpaired) electrons. The zero-order chi connectivity index (χ0) is 17.5. The van der Waals surface area contributed by atoms with Crippen LogP contribution in [0.3, 0.4) is 0 Å². The van der Waals surface area contributed by atoms with E-state index in [-0.39, 0.29) is 10.8 Å². The molecule has 0 amide bonds. The van der Waals surface area contributed by atoms with Crippen LogP contribution in [0.1, 0.15) is 39.5 Å². The number of rotatable bonds is 8. The highest BCUT2D eigenvalue weighted by Crippen LogP contribution is 2.40. The molecule has 0 spiro atoms. The lowest BCUT2D eigenvalue weighted by molar-refractivity contribution is 0.475. The number of unbranched alkanes of at least 4 members (excludes halogenated alkanes) is 1. The monoisotopic (exact) mass is 405 g/mol. The van der Waals surface area contributed by atoms with E-state index in [0.717, 1.165) is 11.6 Å². The Morgan fingerprint density at radius 3 is 2.79 bits per heavy atom. The van der Waals surface area contributed by atoms with Crippen LogP contribution < -0.4 is 0 Å². The molecule has 1 aromatic rings. The van der Waals surface area contributed by atoms with E-state index in [4.69, 9.17) is 23.2 Å². The highest BCUT2D eigenvalue weighted by Gasteiger charge is 2.20. The van der Waals surface area contributed by atoms with Gasteiger partial charge >= 0.3 is 0 Å². The van der Waals surface area contributed by atoms with Gasteiger partial charge in [0.15, 0.2) is 0 Å². The molecule has 1 unspecified atom stereocenters. The summed E-state index contributed by atoms with van der Waals surface area (Å²) in [4.78, 5) is 0. The number of aromatic hydroxyl groups is 1. The van der Waals surface area contributed by atoms with E-state index in [9.17, 15) is 5.11 Å². The van der Waals surface area contributed by atoms with Crippen molar-refractivity contribution < 1.29 is 5.11 Å². The van der Waals surface area contributed by atoms with Gasteiger partial charge in [-0.05, 0) is 36.9 Å². The molecule has 0 aliphatic carbocycles. The highest BCUT2D eigenvalue weighted by atomic mass is 35.5. The Balaban J connectivity index is 1.90. The van der Waals surface area contributed by atoms with Crippen molar-refractivity contribution in [2.75, 3.05) is 6.54 Å². The molecule has 1 aliphatic heterocycles. The summed E-state index contributed by atoms with van der Waals surface area (Å²) in [5.74, 6) is -0.0599. The molecule has 0 bridgehead atoms. The maximum Gasteiger partial charge on any atom is 0.135 e. The lowest BCUT2D eigenvalue weighted by atomic mass is 10.2. The SMILES string of the molecule is CCCCC(CC)SN1CC=C(N=Nc2cc(Cl)c(O)cc2Cl)S1. The van der Waals surface area contributed by atoms with Crippen molar-refractivity contribution in [3.8, 4) is 5.75 Å². The molecule has 0 saturated heterocycles. The third-order valence-corrected chi connectivity index (χ3v) is 6.61. The summed E-state index contributed by atoms with van der Waals surface area (Å²) in [6.07, 6.45) is 6.96. The zero-order valence-electron chi connectivity index (χ0n) is 13.7. The van der Waals surface area contributed by atoms with Crippen LogP contribution in [0, 0.1) is 0 Å². The molecule has 2 rings (SSSR count). The fourth-order valence-corrected chi connectivity index (χ4v) is 4.71. The van der Waals surface area contributed by atoms with Gasteiger partial charge < -0.3 is 5.11 Å². The van der Waals surface area contributed by atoms with Crippen molar-refractivity contribution in [1.82, 2.24) is 3.71 Å². The van der Waals surface area contributed by atoms with Gasteiger partial charge in [-0.25, -0.2) is 0 Å². The summed E-state index contributed by atoms with van der Waals surface area (Å²) in [5.41, 5.74) is 0.446. The Kier molecular flexibility index (Phi) is 8.23. The summed E-state index contributed by atoms with van der Waals surface area (Å²) in [7, 11) is 0. The first-order chi connectivity index (χ1) is 11.5. The molecule has 1 heterocycles. The third kappa shape index (κ3) is 5.85. The molecule has 1 aromatic carbocycles. The molecule has 4 nitrogen and oxygen atoms in total. The van der Waals surface area contributed by atoms with Gasteiger partial charge in [0.25, 0.3) is 0 Å². The van der Waals surface area contributed by atoms with Gasteiger partial charge in [0.2, 0.25) is 0 Å². The van der Waals surface area contributed by atoms with E-state index in [1.807, 2.05) is 18.0 Å². The van der Waals surface area contributed by atoms with E-state index >= 15 is 0 Å². The average Bonchev–Trinajstić information content (AvgIpc) is 3.01. The van der Waals surface area contributed by atoms with Crippen LogP contribution in [0.4, 0.5) is 5.69 Å². The average molecular weight is 406 g/mol. The zero-order valence-corrected chi connectivity index (χ0v) is 16.9. The number of hydrogen-bond donors (Lipinski definition) is 1. The van der Waals surface area contributed by atoms with Crippen LogP contribution in [0.25, 0.3) is 0 Å². The maximum atomic E-state index is 9.49. The minimum absolute atomic E-state index is 0.0599. The topological polar surface area (TPSA) is 48.2 Å². The molecule has 1 N–H and O–H groups in total. The number of azo groups is 1. The molecule has 1 atom stereocenters. The Labute approximate surface area is 162 Å². The van der Waals surface area contributed by atoms with Crippen molar-refractivity contribution in [3.05, 3.63) is 33.3 Å². The highest BCUT2D eigenvalue weighted by molar-refractivity contribution is 8.14. The quantitative estimate of drug-likeness (QED) is 0.366. The van der Waals surface area contributed by atoms with Crippen LogP contribution in [0.15, 0.2) is 33.5 Å². The Morgan fingerprint density at radius 1 is 1.29 bits per heavy atom. The molecular formula is C16H21Cl2N3OS2. The van der Waals surface area contributed by atoms with Crippen molar-refractivity contribution >= 4 is 52.8 Å². The minimum atomic E-state index is -0.0599. The second kappa shape index (κ2) is 9.92. The van der Waals surface area contributed by atoms with Gasteiger partial charge in [-0.15, -0.1) is 10.2 Å². The number of benzene rings is 1. The van der Waals surface area contributed by atoms with E-state index in [1.54, 1.807) is 11.9 Å². The van der Waals surface area contributed by atoms with Crippen molar-refractivity contribution in [2.45, 2.75) is 44.8 Å². The maximum absolute atomic E-state index is 9.49. The molecule has 24 heavy (non-hydrogen) atoms. The normalized spacial score (nSPS) is 16.8. The number of nitrogens with zero attached hydrogens (tertiary/aromatic N) is 3. The van der Waals surface area contributed by atoms with E-state index in [1.165, 1.54) is 37.8 Å². The van der Waals surface area contributed by atoms with Gasteiger partial charge in [0.1, 0.15) is 16.5 Å². The predicted molar refractivity (Wildman–Crippen MR) is 106 cm³/mol. The number of hydrogen-bond acceptors (Lipinski definition) is 6. The number of halogens is 2. The van der Waals surface area contributed by atoms with Crippen molar-refractivity contribution in [1.29, 1.82) is 0 Å². The summed E-state index contributed by atoms with van der Waals surface area (Å²) < 4.78 is 2.24. The lowest BCUT2D eigenvalue weighted by Crippen LogP contribution is -2.10. The Bertz CT molecular complexity index is 626. The lowest BCUT2D eigenvalue weighted by Gasteiger charge is -2.20.